The van der Waals surface area contributed by atoms with Crippen LogP contribution in [0.25, 0.3) is 11.1 Å². The predicted octanol–water partition coefficient (Wildman–Crippen LogP) is 3.19. The van der Waals surface area contributed by atoms with Crippen molar-refractivity contribution in [3.8, 4) is 11.1 Å². The molecule has 0 bridgehead atoms. The first-order valence-corrected chi connectivity index (χ1v) is 7.49. The molecule has 0 saturated carbocycles. The molecule has 2 aromatic rings. The molecule has 0 saturated heterocycles. The molecule has 0 unspecified atom stereocenters. The molecule has 0 heterocycles. The van der Waals surface area contributed by atoms with Gasteiger partial charge in [0.15, 0.2) is 4.90 Å². The van der Waals surface area contributed by atoms with E-state index in [1.165, 1.54) is 12.1 Å². The van der Waals surface area contributed by atoms with Crippen LogP contribution in [0.3, 0.4) is 0 Å². The number of nitrogens with zero attached hydrogens (tertiary/aromatic N) is 1. The lowest BCUT2D eigenvalue weighted by atomic mass is 10.1. The molecule has 0 atom stereocenters. The van der Waals surface area contributed by atoms with Crippen LogP contribution < -0.4 is 0 Å². The van der Waals surface area contributed by atoms with Crippen LogP contribution in [-0.2, 0) is 9.05 Å². The Morgan fingerprint density at radius 2 is 1.63 bits per heavy atom. The van der Waals surface area contributed by atoms with E-state index < -0.39 is 24.6 Å². The zero-order valence-electron chi connectivity index (χ0n) is 9.49. The van der Waals surface area contributed by atoms with Crippen molar-refractivity contribution >= 4 is 25.4 Å². The minimum Gasteiger partial charge on any atom is -0.258 e. The number of halogens is 1. The zero-order valence-corrected chi connectivity index (χ0v) is 11.1. The third-order valence-corrected chi connectivity index (χ3v) is 3.89. The average molecular weight is 298 g/mol. The fourth-order valence-electron chi connectivity index (χ4n) is 1.68. The minimum atomic E-state index is -4.15. The van der Waals surface area contributed by atoms with Crippen LogP contribution >= 0.6 is 10.7 Å². The second-order valence-corrected chi connectivity index (χ2v) is 6.28. The highest BCUT2D eigenvalue weighted by molar-refractivity contribution is 8.13. The van der Waals surface area contributed by atoms with Crippen molar-refractivity contribution in [2.45, 2.75) is 4.90 Å². The third kappa shape index (κ3) is 2.91. The van der Waals surface area contributed by atoms with Crippen molar-refractivity contribution in [2.75, 3.05) is 0 Å². The Kier molecular flexibility index (Phi) is 3.55. The summed E-state index contributed by atoms with van der Waals surface area (Å²) in [5.74, 6) is 0. The molecule has 0 N–H and O–H groups in total. The van der Waals surface area contributed by atoms with E-state index in [0.717, 1.165) is 11.6 Å². The molecular weight excluding hydrogens is 290 g/mol. The van der Waals surface area contributed by atoms with E-state index in [2.05, 4.69) is 0 Å². The van der Waals surface area contributed by atoms with Crippen molar-refractivity contribution < 1.29 is 13.3 Å². The SMILES string of the molecule is O=[N+]([O-])c1cc(-c2ccccc2)ccc1S(=O)(=O)Cl. The van der Waals surface area contributed by atoms with Crippen molar-refractivity contribution in [1.82, 2.24) is 0 Å². The summed E-state index contributed by atoms with van der Waals surface area (Å²) in [6, 6.07) is 12.8. The second-order valence-electron chi connectivity index (χ2n) is 3.74. The lowest BCUT2D eigenvalue weighted by Crippen LogP contribution is -1.99. The van der Waals surface area contributed by atoms with E-state index in [1.54, 1.807) is 24.3 Å². The van der Waals surface area contributed by atoms with Gasteiger partial charge in [0.2, 0.25) is 0 Å². The van der Waals surface area contributed by atoms with E-state index in [-0.39, 0.29) is 0 Å². The van der Waals surface area contributed by atoms with E-state index in [4.69, 9.17) is 10.7 Å². The van der Waals surface area contributed by atoms with Gasteiger partial charge >= 0.3 is 0 Å². The minimum absolute atomic E-state index is 0.501. The fourth-order valence-corrected chi connectivity index (χ4v) is 2.68. The van der Waals surface area contributed by atoms with Gasteiger partial charge in [0.05, 0.1) is 4.92 Å². The van der Waals surface area contributed by atoms with Gasteiger partial charge in [-0.05, 0) is 17.2 Å². The normalized spacial score (nSPS) is 11.2. The van der Waals surface area contributed by atoms with E-state index in [9.17, 15) is 18.5 Å². The molecule has 2 rings (SSSR count). The molecule has 0 radical (unpaired) electrons. The van der Waals surface area contributed by atoms with Crippen molar-refractivity contribution in [3.05, 3.63) is 58.6 Å². The van der Waals surface area contributed by atoms with Gasteiger partial charge in [0.25, 0.3) is 14.7 Å². The third-order valence-electron chi connectivity index (χ3n) is 2.53. The molecule has 0 aliphatic carbocycles. The van der Waals surface area contributed by atoms with Crippen LogP contribution in [0.4, 0.5) is 5.69 Å². The number of nitro groups is 1. The van der Waals surface area contributed by atoms with Gasteiger partial charge in [-0.2, -0.15) is 0 Å². The lowest BCUT2D eigenvalue weighted by molar-refractivity contribution is -0.387. The molecule has 2 aromatic carbocycles. The average Bonchev–Trinajstić information content (AvgIpc) is 2.38. The Labute approximate surface area is 114 Å². The highest BCUT2D eigenvalue weighted by Crippen LogP contribution is 2.31. The van der Waals surface area contributed by atoms with Gasteiger partial charge in [-0.25, -0.2) is 8.42 Å². The molecule has 0 aromatic heterocycles. The van der Waals surface area contributed by atoms with Crippen molar-refractivity contribution in [3.63, 3.8) is 0 Å². The monoisotopic (exact) mass is 297 g/mol. The maximum atomic E-state index is 11.3. The summed E-state index contributed by atoms with van der Waals surface area (Å²) in [5, 5.41) is 10.9. The quantitative estimate of drug-likeness (QED) is 0.495. The summed E-state index contributed by atoms with van der Waals surface area (Å²) in [5.41, 5.74) is 0.775. The number of hydrogen-bond acceptors (Lipinski definition) is 4. The Morgan fingerprint density at radius 3 is 2.16 bits per heavy atom. The van der Waals surface area contributed by atoms with Crippen molar-refractivity contribution in [2.24, 2.45) is 0 Å². The first-order chi connectivity index (χ1) is 8.89. The zero-order chi connectivity index (χ0) is 14.0. The molecule has 5 nitrogen and oxygen atoms in total. The van der Waals surface area contributed by atoms with Crippen LogP contribution in [0.5, 0.6) is 0 Å². The summed E-state index contributed by atoms with van der Waals surface area (Å²) < 4.78 is 22.5. The predicted molar refractivity (Wildman–Crippen MR) is 71.6 cm³/mol. The number of benzene rings is 2. The number of hydrogen-bond donors (Lipinski definition) is 0. The van der Waals surface area contributed by atoms with Crippen LogP contribution in [0.2, 0.25) is 0 Å². The molecular formula is C12H8ClNO4S. The van der Waals surface area contributed by atoms with E-state index >= 15 is 0 Å². The standard InChI is InChI=1S/C12H8ClNO4S/c13-19(17,18)12-7-6-10(8-11(12)14(15)16)9-4-2-1-3-5-9/h1-8H. The van der Waals surface area contributed by atoms with Crippen molar-refractivity contribution in [1.29, 1.82) is 0 Å². The van der Waals surface area contributed by atoms with Gasteiger partial charge in [-0.15, -0.1) is 0 Å². The molecule has 0 aliphatic rings. The Balaban J connectivity index is 2.65. The van der Waals surface area contributed by atoms with Crippen LogP contribution in [0.1, 0.15) is 0 Å². The highest BCUT2D eigenvalue weighted by atomic mass is 35.7. The second kappa shape index (κ2) is 4.99. The van der Waals surface area contributed by atoms with Gasteiger partial charge < -0.3 is 0 Å². The maximum absolute atomic E-state index is 11.3. The van der Waals surface area contributed by atoms with E-state index in [0.29, 0.717) is 5.56 Å². The molecule has 0 aliphatic heterocycles. The summed E-state index contributed by atoms with van der Waals surface area (Å²) in [6.07, 6.45) is 0. The first kappa shape index (κ1) is 13.5. The number of rotatable bonds is 3. The smallest absolute Gasteiger partial charge is 0.258 e. The summed E-state index contributed by atoms with van der Waals surface area (Å²) >= 11 is 0. The van der Waals surface area contributed by atoms with Gasteiger partial charge in [0.1, 0.15) is 0 Å². The van der Waals surface area contributed by atoms with Crippen LogP contribution in [-0.4, -0.2) is 13.3 Å². The molecule has 7 heteroatoms. The Bertz CT molecular complexity index is 729. The molecule has 0 spiro atoms. The summed E-state index contributed by atoms with van der Waals surface area (Å²) in [6.45, 7) is 0. The Hall–Kier alpha value is -1.92. The molecule has 98 valence electrons. The molecule has 0 fully saturated rings. The van der Waals surface area contributed by atoms with Gasteiger partial charge in [0, 0.05) is 16.7 Å². The maximum Gasteiger partial charge on any atom is 0.289 e. The number of nitro benzene ring substituents is 1. The molecule has 19 heavy (non-hydrogen) atoms. The summed E-state index contributed by atoms with van der Waals surface area (Å²) in [4.78, 5) is 9.67. The Morgan fingerprint density at radius 1 is 1.00 bits per heavy atom. The highest BCUT2D eigenvalue weighted by Gasteiger charge is 2.24. The van der Waals surface area contributed by atoms with Crippen LogP contribution in [0.15, 0.2) is 53.4 Å². The van der Waals surface area contributed by atoms with Gasteiger partial charge in [-0.3, -0.25) is 10.1 Å². The largest absolute Gasteiger partial charge is 0.289 e. The lowest BCUT2D eigenvalue weighted by Gasteiger charge is -2.04. The first-order valence-electron chi connectivity index (χ1n) is 5.18. The van der Waals surface area contributed by atoms with Crippen LogP contribution in [0, 0.1) is 10.1 Å². The van der Waals surface area contributed by atoms with Gasteiger partial charge in [-0.1, -0.05) is 36.4 Å². The molecule has 0 amide bonds. The topological polar surface area (TPSA) is 77.3 Å². The van der Waals surface area contributed by atoms with E-state index in [1.807, 2.05) is 6.07 Å². The summed E-state index contributed by atoms with van der Waals surface area (Å²) in [7, 11) is 1.03. The fraction of sp³-hybridized carbons (Fsp3) is 0.